The number of carbonyl (C=O) groups is 1. The van der Waals surface area contributed by atoms with Crippen molar-refractivity contribution in [2.75, 3.05) is 5.32 Å². The zero-order valence-corrected chi connectivity index (χ0v) is 16.4. The lowest BCUT2D eigenvalue weighted by molar-refractivity contribution is -0.115. The summed E-state index contributed by atoms with van der Waals surface area (Å²) in [5.41, 5.74) is 1.36. The number of rotatable bonds is 6. The maximum Gasteiger partial charge on any atom is 0.277 e. The van der Waals surface area contributed by atoms with Gasteiger partial charge in [0.1, 0.15) is 5.25 Å². The van der Waals surface area contributed by atoms with Gasteiger partial charge in [0.15, 0.2) is 0 Å². The van der Waals surface area contributed by atoms with Crippen molar-refractivity contribution in [3.05, 3.63) is 70.0 Å². The summed E-state index contributed by atoms with van der Waals surface area (Å²) in [5.74, 6) is 0.784. The van der Waals surface area contributed by atoms with Crippen LogP contribution in [0.15, 0.2) is 58.2 Å². The molecule has 1 heterocycles. The molecule has 4 rings (SSSR count). The van der Waals surface area contributed by atoms with E-state index in [4.69, 9.17) is 27.6 Å². The van der Waals surface area contributed by atoms with Crippen molar-refractivity contribution < 1.29 is 9.21 Å². The number of aromatic nitrogens is 2. The van der Waals surface area contributed by atoms with E-state index in [1.165, 1.54) is 11.8 Å². The van der Waals surface area contributed by atoms with Crippen LogP contribution in [0.3, 0.4) is 0 Å². The highest BCUT2D eigenvalue weighted by molar-refractivity contribution is 8.00. The van der Waals surface area contributed by atoms with Crippen molar-refractivity contribution >= 4 is 46.6 Å². The molecule has 1 atom stereocenters. The monoisotopic (exact) mass is 419 g/mol. The fraction of sp³-hybridized carbons (Fsp3) is 0.211. The van der Waals surface area contributed by atoms with E-state index in [1.54, 1.807) is 18.2 Å². The van der Waals surface area contributed by atoms with E-state index in [0.717, 1.165) is 18.4 Å². The average molecular weight is 420 g/mol. The Morgan fingerprint density at radius 1 is 1.11 bits per heavy atom. The van der Waals surface area contributed by atoms with Crippen LogP contribution in [-0.2, 0) is 4.79 Å². The van der Waals surface area contributed by atoms with E-state index in [0.29, 0.717) is 32.8 Å². The first-order chi connectivity index (χ1) is 13.1. The molecule has 5 nitrogen and oxygen atoms in total. The Balaban J connectivity index is 1.57. The van der Waals surface area contributed by atoms with Crippen molar-refractivity contribution in [1.82, 2.24) is 10.2 Å². The molecule has 138 valence electrons. The van der Waals surface area contributed by atoms with Crippen molar-refractivity contribution in [3.63, 3.8) is 0 Å². The van der Waals surface area contributed by atoms with Gasteiger partial charge in [-0.05, 0) is 48.4 Å². The number of amides is 1. The third-order valence-corrected chi connectivity index (χ3v) is 5.56. The third-order valence-electron chi connectivity index (χ3n) is 4.04. The molecule has 1 aliphatic carbocycles. The maximum atomic E-state index is 13.0. The largest absolute Gasteiger partial charge is 0.416 e. The molecule has 1 aliphatic rings. The number of carbonyl (C=O) groups excluding carboxylic acids is 1. The summed E-state index contributed by atoms with van der Waals surface area (Å²) in [4.78, 5) is 13.0. The smallest absolute Gasteiger partial charge is 0.277 e. The topological polar surface area (TPSA) is 68.0 Å². The third kappa shape index (κ3) is 4.64. The molecule has 1 aromatic heterocycles. The van der Waals surface area contributed by atoms with Crippen LogP contribution in [0.1, 0.15) is 35.5 Å². The zero-order chi connectivity index (χ0) is 18.8. The van der Waals surface area contributed by atoms with E-state index in [1.807, 2.05) is 30.3 Å². The van der Waals surface area contributed by atoms with Crippen molar-refractivity contribution in [2.45, 2.75) is 29.2 Å². The molecule has 0 saturated heterocycles. The fourth-order valence-corrected chi connectivity index (χ4v) is 4.01. The minimum Gasteiger partial charge on any atom is -0.416 e. The second kappa shape index (κ2) is 7.92. The van der Waals surface area contributed by atoms with Crippen LogP contribution in [0.25, 0.3) is 0 Å². The molecule has 8 heteroatoms. The van der Waals surface area contributed by atoms with Gasteiger partial charge in [0, 0.05) is 21.7 Å². The minimum absolute atomic E-state index is 0.226. The van der Waals surface area contributed by atoms with Crippen LogP contribution < -0.4 is 5.32 Å². The van der Waals surface area contributed by atoms with Crippen molar-refractivity contribution in [1.29, 1.82) is 0 Å². The Bertz CT molecular complexity index is 940. The highest BCUT2D eigenvalue weighted by Gasteiger charge is 2.31. The number of thioether (sulfide) groups is 1. The molecule has 1 amide bonds. The summed E-state index contributed by atoms with van der Waals surface area (Å²) in [6.45, 7) is 0. The Kier molecular flexibility index (Phi) is 5.38. The molecule has 1 unspecified atom stereocenters. The van der Waals surface area contributed by atoms with Gasteiger partial charge in [-0.25, -0.2) is 0 Å². The lowest BCUT2D eigenvalue weighted by atomic mass is 10.1. The number of hydrogen-bond donors (Lipinski definition) is 1. The molecule has 0 aliphatic heterocycles. The molecule has 1 saturated carbocycles. The quantitative estimate of drug-likeness (QED) is 0.516. The summed E-state index contributed by atoms with van der Waals surface area (Å²) in [6, 6.07) is 14.4. The van der Waals surface area contributed by atoms with E-state index in [-0.39, 0.29) is 5.91 Å². The number of benzene rings is 2. The molecule has 27 heavy (non-hydrogen) atoms. The van der Waals surface area contributed by atoms with Gasteiger partial charge in [0.2, 0.25) is 11.8 Å². The number of halogens is 2. The zero-order valence-electron chi connectivity index (χ0n) is 14.1. The molecule has 0 radical (unpaired) electrons. The molecule has 2 aromatic carbocycles. The number of hydrogen-bond acceptors (Lipinski definition) is 5. The van der Waals surface area contributed by atoms with E-state index in [2.05, 4.69) is 15.5 Å². The highest BCUT2D eigenvalue weighted by Crippen LogP contribution is 2.42. The lowest BCUT2D eigenvalue weighted by Gasteiger charge is -2.15. The molecule has 0 bridgehead atoms. The van der Waals surface area contributed by atoms with Crippen LogP contribution in [0, 0.1) is 0 Å². The molecular weight excluding hydrogens is 405 g/mol. The highest BCUT2D eigenvalue weighted by atomic mass is 35.5. The predicted molar refractivity (Wildman–Crippen MR) is 106 cm³/mol. The second-order valence-corrected chi connectivity index (χ2v) is 8.17. The van der Waals surface area contributed by atoms with Gasteiger partial charge >= 0.3 is 0 Å². The van der Waals surface area contributed by atoms with Crippen LogP contribution in [0.4, 0.5) is 5.69 Å². The maximum absolute atomic E-state index is 13.0. The molecule has 1 N–H and O–H groups in total. The Labute approximate surface area is 170 Å². The summed E-state index contributed by atoms with van der Waals surface area (Å²) < 4.78 is 5.72. The van der Waals surface area contributed by atoms with Gasteiger partial charge in [0.05, 0.1) is 0 Å². The fourth-order valence-electron chi connectivity index (χ4n) is 2.60. The minimum atomic E-state index is -0.559. The van der Waals surface area contributed by atoms with Gasteiger partial charge in [-0.2, -0.15) is 0 Å². The van der Waals surface area contributed by atoms with Crippen LogP contribution in [0.5, 0.6) is 0 Å². The first-order valence-electron chi connectivity index (χ1n) is 8.40. The van der Waals surface area contributed by atoms with Crippen LogP contribution in [-0.4, -0.2) is 16.1 Å². The lowest BCUT2D eigenvalue weighted by Crippen LogP contribution is -2.19. The Morgan fingerprint density at radius 3 is 2.48 bits per heavy atom. The average Bonchev–Trinajstić information content (AvgIpc) is 3.38. The first-order valence-corrected chi connectivity index (χ1v) is 10.0. The Hall–Kier alpha value is -2.02. The predicted octanol–water partition coefficient (Wildman–Crippen LogP) is 5.73. The summed E-state index contributed by atoms with van der Waals surface area (Å²) in [5, 5.41) is 11.8. The Morgan fingerprint density at radius 2 is 1.81 bits per heavy atom. The molecule has 1 fully saturated rings. The summed E-state index contributed by atoms with van der Waals surface area (Å²) in [6.07, 6.45) is 2.15. The van der Waals surface area contributed by atoms with Crippen molar-refractivity contribution in [3.8, 4) is 0 Å². The molecule has 3 aromatic rings. The number of nitrogens with one attached hydrogen (secondary N) is 1. The normalized spacial score (nSPS) is 14.7. The molecule has 0 spiro atoms. The van der Waals surface area contributed by atoms with Gasteiger partial charge in [-0.1, -0.05) is 53.5 Å². The van der Waals surface area contributed by atoms with Gasteiger partial charge in [0.25, 0.3) is 5.22 Å². The molecular formula is C19H15Cl2N3O2S. The summed E-state index contributed by atoms with van der Waals surface area (Å²) >= 11 is 13.3. The second-order valence-electron chi connectivity index (χ2n) is 6.24. The van der Waals surface area contributed by atoms with Crippen molar-refractivity contribution in [2.24, 2.45) is 0 Å². The number of nitrogens with zero attached hydrogens (tertiary/aromatic N) is 2. The first kappa shape index (κ1) is 18.3. The van der Waals surface area contributed by atoms with Gasteiger partial charge < -0.3 is 9.73 Å². The summed E-state index contributed by atoms with van der Waals surface area (Å²) in [7, 11) is 0. The van der Waals surface area contributed by atoms with E-state index in [9.17, 15) is 4.79 Å². The van der Waals surface area contributed by atoms with Gasteiger partial charge in [-0.3, -0.25) is 4.79 Å². The van der Waals surface area contributed by atoms with E-state index >= 15 is 0 Å². The van der Waals surface area contributed by atoms with E-state index < -0.39 is 5.25 Å². The number of anilines is 1. The van der Waals surface area contributed by atoms with Gasteiger partial charge in [-0.15, -0.1) is 10.2 Å². The van der Waals surface area contributed by atoms with Crippen LogP contribution in [0.2, 0.25) is 10.0 Å². The standard InChI is InChI=1S/C19H15Cl2N3O2S/c20-13-8-14(21)10-15(9-13)22-17(25)16(11-4-2-1-3-5-11)27-19-24-23-18(26-19)12-6-7-12/h1-5,8-10,12,16H,6-7H2,(H,22,25). The van der Waals surface area contributed by atoms with Crippen LogP contribution >= 0.6 is 35.0 Å². The SMILES string of the molecule is O=C(Nc1cc(Cl)cc(Cl)c1)C(Sc1nnc(C2CC2)o1)c1ccccc1.